The van der Waals surface area contributed by atoms with Crippen LogP contribution in [0, 0.1) is 0 Å². The van der Waals surface area contributed by atoms with Crippen molar-refractivity contribution in [2.75, 3.05) is 33.8 Å². The zero-order chi connectivity index (χ0) is 8.69. The van der Waals surface area contributed by atoms with Crippen molar-refractivity contribution in [2.24, 2.45) is 0 Å². The van der Waals surface area contributed by atoms with Gasteiger partial charge in [-0.25, -0.2) is 0 Å². The number of aliphatic hydroxyl groups is 1. The molecule has 0 aromatic carbocycles. The van der Waals surface area contributed by atoms with E-state index in [-0.39, 0.29) is 12.6 Å². The molecule has 0 aromatic rings. The highest BCUT2D eigenvalue weighted by molar-refractivity contribution is 4.61. The molecule has 0 aliphatic heterocycles. The van der Waals surface area contributed by atoms with Gasteiger partial charge >= 0.3 is 0 Å². The minimum absolute atomic E-state index is 0.246. The van der Waals surface area contributed by atoms with E-state index in [1.165, 1.54) is 0 Å². The molecule has 3 nitrogen and oxygen atoms in total. The molecule has 0 bridgehead atoms. The molecular weight excluding hydrogens is 140 g/mol. The number of nitrogens with zero attached hydrogens (tertiary/aromatic N) is 1. The second-order valence-corrected chi connectivity index (χ2v) is 2.97. The summed E-state index contributed by atoms with van der Waals surface area (Å²) in [7, 11) is 3.99. The molecule has 0 rings (SSSR count). The summed E-state index contributed by atoms with van der Waals surface area (Å²) >= 11 is 0. The monoisotopic (exact) mass is 160 g/mol. The van der Waals surface area contributed by atoms with Crippen LogP contribution in [0.15, 0.2) is 0 Å². The van der Waals surface area contributed by atoms with Crippen molar-refractivity contribution in [1.82, 2.24) is 10.2 Å². The molecule has 11 heavy (non-hydrogen) atoms. The van der Waals surface area contributed by atoms with Gasteiger partial charge in [0.2, 0.25) is 0 Å². The van der Waals surface area contributed by atoms with Crippen molar-refractivity contribution >= 4 is 0 Å². The van der Waals surface area contributed by atoms with Gasteiger partial charge < -0.3 is 15.3 Å². The Morgan fingerprint density at radius 1 is 1.55 bits per heavy atom. The molecule has 0 saturated carbocycles. The van der Waals surface area contributed by atoms with Crippen LogP contribution >= 0.6 is 0 Å². The lowest BCUT2D eigenvalue weighted by atomic mass is 10.3. The van der Waals surface area contributed by atoms with Crippen molar-refractivity contribution in [1.29, 1.82) is 0 Å². The van der Waals surface area contributed by atoms with E-state index < -0.39 is 0 Å². The van der Waals surface area contributed by atoms with E-state index in [9.17, 15) is 0 Å². The van der Waals surface area contributed by atoms with E-state index in [4.69, 9.17) is 5.11 Å². The fraction of sp³-hybridized carbons (Fsp3) is 1.00. The first-order valence-corrected chi connectivity index (χ1v) is 4.18. The summed E-state index contributed by atoms with van der Waals surface area (Å²) in [6, 6.07) is 0.284. The first kappa shape index (κ1) is 10.9. The maximum Gasteiger partial charge on any atom is 0.0584 e. The van der Waals surface area contributed by atoms with Gasteiger partial charge in [0, 0.05) is 6.04 Å². The van der Waals surface area contributed by atoms with Crippen molar-refractivity contribution in [3.63, 3.8) is 0 Å². The second-order valence-electron chi connectivity index (χ2n) is 2.97. The number of rotatable bonds is 6. The average molecular weight is 160 g/mol. The third kappa shape index (κ3) is 5.18. The number of hydrogen-bond donors (Lipinski definition) is 2. The van der Waals surface area contributed by atoms with Crippen molar-refractivity contribution < 1.29 is 5.11 Å². The predicted octanol–water partition coefficient (Wildman–Crippen LogP) is -0.0915. The van der Waals surface area contributed by atoms with Crippen LogP contribution in [0.4, 0.5) is 0 Å². The first-order valence-electron chi connectivity index (χ1n) is 4.18. The normalized spacial score (nSPS) is 13.9. The first-order chi connectivity index (χ1) is 5.22. The van der Waals surface area contributed by atoms with Crippen molar-refractivity contribution in [3.05, 3.63) is 0 Å². The van der Waals surface area contributed by atoms with Gasteiger partial charge in [0.25, 0.3) is 0 Å². The Hall–Kier alpha value is -0.120. The van der Waals surface area contributed by atoms with E-state index >= 15 is 0 Å². The Labute approximate surface area is 69.4 Å². The van der Waals surface area contributed by atoms with E-state index in [2.05, 4.69) is 10.2 Å². The van der Waals surface area contributed by atoms with Gasteiger partial charge in [-0.05, 0) is 40.5 Å². The Morgan fingerprint density at radius 3 is 2.64 bits per heavy atom. The summed E-state index contributed by atoms with van der Waals surface area (Å²) in [5.41, 5.74) is 0. The third-order valence-electron chi connectivity index (χ3n) is 1.95. The average Bonchev–Trinajstić information content (AvgIpc) is 2.03. The summed E-state index contributed by atoms with van der Waals surface area (Å²) in [5.74, 6) is 0. The molecule has 2 N–H and O–H groups in total. The molecule has 1 unspecified atom stereocenters. The smallest absolute Gasteiger partial charge is 0.0584 e. The molecule has 0 heterocycles. The molecule has 0 amide bonds. The molecule has 0 fully saturated rings. The Balaban J connectivity index is 3.28. The highest BCUT2D eigenvalue weighted by Crippen LogP contribution is 1.94. The zero-order valence-corrected chi connectivity index (χ0v) is 7.80. The van der Waals surface area contributed by atoms with Crippen LogP contribution in [0.5, 0.6) is 0 Å². The van der Waals surface area contributed by atoms with Gasteiger partial charge in [-0.1, -0.05) is 0 Å². The standard InChI is InChI=1S/C8H20N2O/c1-8(7-11)10(3)6-4-5-9-2/h8-9,11H,4-7H2,1-3H3. The van der Waals surface area contributed by atoms with Crippen LogP contribution in [-0.2, 0) is 0 Å². The second kappa shape index (κ2) is 6.58. The Bertz CT molecular complexity index is 88.2. The highest BCUT2D eigenvalue weighted by atomic mass is 16.3. The van der Waals surface area contributed by atoms with Gasteiger partial charge in [-0.2, -0.15) is 0 Å². The maximum absolute atomic E-state index is 8.80. The van der Waals surface area contributed by atoms with E-state index in [1.807, 2.05) is 21.0 Å². The lowest BCUT2D eigenvalue weighted by Crippen LogP contribution is -2.33. The fourth-order valence-electron chi connectivity index (χ4n) is 0.865. The highest BCUT2D eigenvalue weighted by Gasteiger charge is 2.05. The van der Waals surface area contributed by atoms with Crippen LogP contribution in [-0.4, -0.2) is 49.8 Å². The fourth-order valence-corrected chi connectivity index (χ4v) is 0.865. The third-order valence-corrected chi connectivity index (χ3v) is 1.95. The van der Waals surface area contributed by atoms with E-state index in [0.29, 0.717) is 0 Å². The molecule has 1 atom stereocenters. The van der Waals surface area contributed by atoms with Crippen LogP contribution in [0.3, 0.4) is 0 Å². The van der Waals surface area contributed by atoms with E-state index in [1.54, 1.807) is 0 Å². The zero-order valence-electron chi connectivity index (χ0n) is 7.80. The van der Waals surface area contributed by atoms with Crippen molar-refractivity contribution in [3.8, 4) is 0 Å². The quantitative estimate of drug-likeness (QED) is 0.533. The van der Waals surface area contributed by atoms with E-state index in [0.717, 1.165) is 19.5 Å². The molecular formula is C8H20N2O. The number of nitrogens with one attached hydrogen (secondary N) is 1. The minimum atomic E-state index is 0.246. The van der Waals surface area contributed by atoms with Crippen LogP contribution < -0.4 is 5.32 Å². The number of hydrogen-bond acceptors (Lipinski definition) is 3. The van der Waals surface area contributed by atoms with Gasteiger partial charge in [-0.3, -0.25) is 0 Å². The van der Waals surface area contributed by atoms with Crippen LogP contribution in [0.1, 0.15) is 13.3 Å². The summed E-state index contributed by atoms with van der Waals surface area (Å²) in [6.07, 6.45) is 1.14. The van der Waals surface area contributed by atoms with Gasteiger partial charge in [0.05, 0.1) is 6.61 Å². The molecule has 3 heteroatoms. The molecule has 0 aliphatic carbocycles. The molecule has 68 valence electrons. The van der Waals surface area contributed by atoms with Gasteiger partial charge in [0.15, 0.2) is 0 Å². The summed E-state index contributed by atoms with van der Waals surface area (Å²) in [5, 5.41) is 11.9. The lowest BCUT2D eigenvalue weighted by molar-refractivity contribution is 0.158. The number of likely N-dealkylation sites (N-methyl/N-ethyl adjacent to an activating group) is 1. The van der Waals surface area contributed by atoms with Crippen molar-refractivity contribution in [2.45, 2.75) is 19.4 Å². The molecule has 0 radical (unpaired) electrons. The lowest BCUT2D eigenvalue weighted by Gasteiger charge is -2.22. The molecule has 0 aliphatic rings. The minimum Gasteiger partial charge on any atom is -0.395 e. The summed E-state index contributed by atoms with van der Waals surface area (Å²) in [4.78, 5) is 2.16. The molecule has 0 aromatic heterocycles. The largest absolute Gasteiger partial charge is 0.395 e. The van der Waals surface area contributed by atoms with Gasteiger partial charge in [0.1, 0.15) is 0 Å². The molecule has 0 saturated heterocycles. The SMILES string of the molecule is CNCCCN(C)C(C)CO. The maximum atomic E-state index is 8.80. The van der Waals surface area contributed by atoms with Crippen LogP contribution in [0.25, 0.3) is 0 Å². The Kier molecular flexibility index (Phi) is 6.51. The summed E-state index contributed by atoms with van der Waals surface area (Å²) in [6.45, 7) is 4.36. The summed E-state index contributed by atoms with van der Waals surface area (Å²) < 4.78 is 0. The Morgan fingerprint density at radius 2 is 2.18 bits per heavy atom. The number of aliphatic hydroxyl groups excluding tert-OH is 1. The van der Waals surface area contributed by atoms with Gasteiger partial charge in [-0.15, -0.1) is 0 Å². The topological polar surface area (TPSA) is 35.5 Å². The predicted molar refractivity (Wildman–Crippen MR) is 47.7 cm³/mol. The molecule has 0 spiro atoms. The van der Waals surface area contributed by atoms with Crippen LogP contribution in [0.2, 0.25) is 0 Å².